The summed E-state index contributed by atoms with van der Waals surface area (Å²) in [6, 6.07) is 0.0747. The van der Waals surface area contributed by atoms with Crippen molar-refractivity contribution in [3.05, 3.63) is 0 Å². The molecule has 0 saturated carbocycles. The molecule has 5 nitrogen and oxygen atoms in total. The van der Waals surface area contributed by atoms with Gasteiger partial charge in [-0.15, -0.1) is 0 Å². The highest BCUT2D eigenvalue weighted by Gasteiger charge is 2.39. The summed E-state index contributed by atoms with van der Waals surface area (Å²) in [7, 11) is 3.56. The molecule has 16 heavy (non-hydrogen) atoms. The van der Waals surface area contributed by atoms with Crippen molar-refractivity contribution in [1.29, 1.82) is 0 Å². The molecule has 0 aliphatic carbocycles. The zero-order valence-electron chi connectivity index (χ0n) is 10.1. The van der Waals surface area contributed by atoms with Crippen molar-refractivity contribution >= 4 is 6.03 Å². The second-order valence-electron chi connectivity index (χ2n) is 4.63. The first-order valence-electron chi connectivity index (χ1n) is 5.87. The number of nitrogens with zero attached hydrogens (tertiary/aromatic N) is 2. The molecule has 0 unspecified atom stereocenters. The first-order chi connectivity index (χ1) is 7.63. The van der Waals surface area contributed by atoms with Gasteiger partial charge in [0.05, 0.1) is 13.2 Å². The van der Waals surface area contributed by atoms with Gasteiger partial charge >= 0.3 is 6.03 Å². The van der Waals surface area contributed by atoms with Crippen molar-refractivity contribution in [3.8, 4) is 0 Å². The maximum Gasteiger partial charge on any atom is 0.319 e. The van der Waals surface area contributed by atoms with E-state index in [0.29, 0.717) is 0 Å². The number of urea groups is 1. The fraction of sp³-hybridized carbons (Fsp3) is 0.909. The van der Waals surface area contributed by atoms with Gasteiger partial charge in [-0.3, -0.25) is 0 Å². The van der Waals surface area contributed by atoms with E-state index in [1.807, 2.05) is 4.90 Å². The average molecular weight is 228 g/mol. The van der Waals surface area contributed by atoms with Gasteiger partial charge in [0.25, 0.3) is 0 Å². The van der Waals surface area contributed by atoms with Crippen LogP contribution in [0, 0.1) is 0 Å². The Balaban J connectivity index is 1.88. The van der Waals surface area contributed by atoms with Crippen LogP contribution in [-0.2, 0) is 9.47 Å². The van der Waals surface area contributed by atoms with Gasteiger partial charge in [0.15, 0.2) is 5.79 Å². The molecule has 5 heteroatoms. The highest BCUT2D eigenvalue weighted by Crippen LogP contribution is 2.30. The second-order valence-corrected chi connectivity index (χ2v) is 4.63. The van der Waals surface area contributed by atoms with E-state index in [2.05, 4.69) is 0 Å². The largest absolute Gasteiger partial charge is 0.350 e. The topological polar surface area (TPSA) is 42.0 Å². The minimum absolute atomic E-state index is 0.0747. The number of likely N-dealkylation sites (tertiary alicyclic amines) is 1. The monoisotopic (exact) mass is 228 g/mol. The molecule has 0 atom stereocenters. The van der Waals surface area contributed by atoms with Gasteiger partial charge in [-0.25, -0.2) is 4.79 Å². The molecule has 0 aromatic carbocycles. The number of rotatable bonds is 0. The predicted molar refractivity (Wildman–Crippen MR) is 59.1 cm³/mol. The van der Waals surface area contributed by atoms with Gasteiger partial charge in [-0.05, 0) is 6.42 Å². The van der Waals surface area contributed by atoms with Gasteiger partial charge in [0.2, 0.25) is 0 Å². The lowest BCUT2D eigenvalue weighted by Gasteiger charge is -2.43. The molecule has 0 aromatic rings. The van der Waals surface area contributed by atoms with Crippen LogP contribution < -0.4 is 0 Å². The molecule has 92 valence electrons. The fourth-order valence-corrected chi connectivity index (χ4v) is 2.23. The molecule has 1 spiro atoms. The Labute approximate surface area is 96.3 Å². The molecule has 2 aliphatic rings. The maximum absolute atomic E-state index is 11.7. The summed E-state index contributed by atoms with van der Waals surface area (Å²) in [5, 5.41) is 0. The van der Waals surface area contributed by atoms with E-state index in [-0.39, 0.29) is 6.03 Å². The summed E-state index contributed by atoms with van der Waals surface area (Å²) in [6.45, 7) is 3.00. The number of hydrogen-bond donors (Lipinski definition) is 0. The first-order valence-corrected chi connectivity index (χ1v) is 5.87. The number of carbonyl (C=O) groups is 1. The molecule has 2 heterocycles. The minimum Gasteiger partial charge on any atom is -0.350 e. The third-order valence-corrected chi connectivity index (χ3v) is 3.20. The number of piperidine rings is 1. The normalized spacial score (nSPS) is 24.5. The van der Waals surface area contributed by atoms with Crippen LogP contribution in [0.25, 0.3) is 0 Å². The molecule has 0 aromatic heterocycles. The van der Waals surface area contributed by atoms with E-state index >= 15 is 0 Å². The van der Waals surface area contributed by atoms with Crippen molar-refractivity contribution in [1.82, 2.24) is 9.80 Å². The molecule has 2 saturated heterocycles. The zero-order valence-corrected chi connectivity index (χ0v) is 10.1. The second kappa shape index (κ2) is 4.59. The zero-order chi connectivity index (χ0) is 11.6. The van der Waals surface area contributed by atoms with Crippen molar-refractivity contribution in [2.75, 3.05) is 40.4 Å². The Morgan fingerprint density at radius 2 is 1.75 bits per heavy atom. The van der Waals surface area contributed by atoms with E-state index in [0.717, 1.165) is 45.6 Å². The lowest BCUT2D eigenvalue weighted by atomic mass is 10.0. The van der Waals surface area contributed by atoms with E-state index < -0.39 is 5.79 Å². The first kappa shape index (κ1) is 11.7. The number of hydrogen-bond acceptors (Lipinski definition) is 3. The van der Waals surface area contributed by atoms with Crippen LogP contribution in [-0.4, -0.2) is 62.0 Å². The predicted octanol–water partition coefficient (Wildman–Crippen LogP) is 0.897. The standard InChI is InChI=1S/C11H20N2O3/c1-12(2)10(14)13-6-4-11(5-7-13)15-8-3-9-16-11/h3-9H2,1-2H3. The van der Waals surface area contributed by atoms with E-state index in [9.17, 15) is 4.79 Å². The SMILES string of the molecule is CN(C)C(=O)N1CCC2(CC1)OCCCO2. The van der Waals surface area contributed by atoms with Gasteiger partial charge in [-0.1, -0.05) is 0 Å². The van der Waals surface area contributed by atoms with Crippen LogP contribution in [0.5, 0.6) is 0 Å². The minimum atomic E-state index is -0.401. The van der Waals surface area contributed by atoms with Crippen LogP contribution in [0.2, 0.25) is 0 Å². The van der Waals surface area contributed by atoms with Crippen molar-refractivity contribution < 1.29 is 14.3 Å². The molecule has 2 amide bonds. The Morgan fingerprint density at radius 1 is 1.19 bits per heavy atom. The lowest BCUT2D eigenvalue weighted by Crippen LogP contribution is -2.53. The molecular formula is C11H20N2O3. The third-order valence-electron chi connectivity index (χ3n) is 3.20. The number of amides is 2. The van der Waals surface area contributed by atoms with Crippen LogP contribution in [0.4, 0.5) is 4.79 Å². The van der Waals surface area contributed by atoms with Crippen LogP contribution in [0.3, 0.4) is 0 Å². The van der Waals surface area contributed by atoms with Crippen molar-refractivity contribution in [2.45, 2.75) is 25.0 Å². The van der Waals surface area contributed by atoms with E-state index in [1.165, 1.54) is 0 Å². The number of ether oxygens (including phenoxy) is 2. The average Bonchev–Trinajstić information content (AvgIpc) is 2.30. The summed E-state index contributed by atoms with van der Waals surface area (Å²) in [5.41, 5.74) is 0. The van der Waals surface area contributed by atoms with E-state index in [1.54, 1.807) is 19.0 Å². The smallest absolute Gasteiger partial charge is 0.319 e. The summed E-state index contributed by atoms with van der Waals surface area (Å²) in [6.07, 6.45) is 2.54. The molecule has 0 N–H and O–H groups in total. The molecule has 2 rings (SSSR count). The maximum atomic E-state index is 11.7. The van der Waals surface area contributed by atoms with Crippen molar-refractivity contribution in [2.24, 2.45) is 0 Å². The Bertz CT molecular complexity index is 252. The van der Waals surface area contributed by atoms with E-state index in [4.69, 9.17) is 9.47 Å². The van der Waals surface area contributed by atoms with Crippen molar-refractivity contribution in [3.63, 3.8) is 0 Å². The number of carbonyl (C=O) groups excluding carboxylic acids is 1. The summed E-state index contributed by atoms with van der Waals surface area (Å²) >= 11 is 0. The summed E-state index contributed by atoms with van der Waals surface area (Å²) in [5.74, 6) is -0.401. The van der Waals surface area contributed by atoms with Gasteiger partial charge in [0.1, 0.15) is 0 Å². The summed E-state index contributed by atoms with van der Waals surface area (Å²) in [4.78, 5) is 15.2. The molecule has 0 bridgehead atoms. The molecule has 2 fully saturated rings. The fourth-order valence-electron chi connectivity index (χ4n) is 2.23. The Morgan fingerprint density at radius 3 is 2.25 bits per heavy atom. The van der Waals surface area contributed by atoms with Gasteiger partial charge < -0.3 is 19.3 Å². The van der Waals surface area contributed by atoms with Crippen LogP contribution in [0.15, 0.2) is 0 Å². The highest BCUT2D eigenvalue weighted by molar-refractivity contribution is 5.73. The summed E-state index contributed by atoms with van der Waals surface area (Å²) < 4.78 is 11.4. The van der Waals surface area contributed by atoms with Crippen LogP contribution >= 0.6 is 0 Å². The third kappa shape index (κ3) is 2.30. The molecule has 0 radical (unpaired) electrons. The molecular weight excluding hydrogens is 208 g/mol. The van der Waals surface area contributed by atoms with Gasteiger partial charge in [-0.2, -0.15) is 0 Å². The van der Waals surface area contributed by atoms with Gasteiger partial charge in [0, 0.05) is 40.0 Å². The Hall–Kier alpha value is -0.810. The molecule has 2 aliphatic heterocycles. The quantitative estimate of drug-likeness (QED) is 0.618. The highest BCUT2D eigenvalue weighted by atomic mass is 16.7. The Kier molecular flexibility index (Phi) is 3.35. The lowest BCUT2D eigenvalue weighted by molar-refractivity contribution is -0.282. The van der Waals surface area contributed by atoms with Crippen LogP contribution in [0.1, 0.15) is 19.3 Å².